The van der Waals surface area contributed by atoms with Gasteiger partial charge in [0.1, 0.15) is 0 Å². The van der Waals surface area contributed by atoms with Crippen molar-refractivity contribution >= 4 is 7.26 Å². The Morgan fingerprint density at radius 3 is 1.89 bits per heavy atom. The van der Waals surface area contributed by atoms with E-state index in [0.717, 1.165) is 11.8 Å². The molecule has 1 heteroatoms. The number of hydrogen-bond acceptors (Lipinski definition) is 0. The first-order valence-electron chi connectivity index (χ1n) is 7.73. The largest absolute Gasteiger partial charge is 0.0844 e. The topological polar surface area (TPSA) is 0 Å². The van der Waals surface area contributed by atoms with E-state index in [-0.39, 0.29) is 0 Å². The molecule has 0 bridgehead atoms. The smallest absolute Gasteiger partial charge is 0.0648 e. The molecule has 104 valence electrons. The third-order valence-electron chi connectivity index (χ3n) is 4.41. The molecule has 0 amide bonds. The lowest BCUT2D eigenvalue weighted by atomic mass is 9.88. The van der Waals surface area contributed by atoms with Gasteiger partial charge in [0.05, 0.1) is 25.3 Å². The van der Waals surface area contributed by atoms with Crippen LogP contribution in [0.25, 0.3) is 0 Å². The molecule has 0 aromatic carbocycles. The van der Waals surface area contributed by atoms with Crippen molar-refractivity contribution < 1.29 is 0 Å². The molecule has 0 fully saturated rings. The molecule has 0 saturated carbocycles. The second kappa shape index (κ2) is 6.90. The van der Waals surface area contributed by atoms with Crippen molar-refractivity contribution in [1.29, 1.82) is 0 Å². The van der Waals surface area contributed by atoms with Crippen molar-refractivity contribution in [2.24, 2.45) is 11.8 Å². The summed E-state index contributed by atoms with van der Waals surface area (Å²) >= 11 is 0. The van der Waals surface area contributed by atoms with E-state index in [1.807, 2.05) is 0 Å². The summed E-state index contributed by atoms with van der Waals surface area (Å²) in [6.45, 7) is 14.4. The fourth-order valence-electron chi connectivity index (χ4n) is 3.26. The molecule has 1 aliphatic heterocycles. The van der Waals surface area contributed by atoms with Gasteiger partial charge >= 0.3 is 0 Å². The van der Waals surface area contributed by atoms with Gasteiger partial charge in [0.25, 0.3) is 0 Å². The van der Waals surface area contributed by atoms with Crippen LogP contribution < -0.4 is 0 Å². The first kappa shape index (κ1) is 16.0. The van der Waals surface area contributed by atoms with Gasteiger partial charge in [-0.3, -0.25) is 0 Å². The van der Waals surface area contributed by atoms with E-state index in [1.54, 1.807) is 11.1 Å². The zero-order chi connectivity index (χ0) is 13.8. The maximum atomic E-state index is 2.65. The molecular formula is C17H32P+. The Labute approximate surface area is 115 Å². The van der Waals surface area contributed by atoms with Crippen molar-refractivity contribution in [1.82, 2.24) is 0 Å². The van der Waals surface area contributed by atoms with Crippen LogP contribution in [-0.2, 0) is 0 Å². The number of allylic oxidation sites excluding steroid dienone is 3. The Hall–Kier alpha value is -0.0900. The molecule has 0 aromatic heterocycles. The van der Waals surface area contributed by atoms with Gasteiger partial charge in [-0.2, -0.15) is 0 Å². The van der Waals surface area contributed by atoms with Crippen LogP contribution in [0.4, 0.5) is 0 Å². The van der Waals surface area contributed by atoms with Crippen LogP contribution in [0, 0.1) is 11.8 Å². The molecule has 0 N–H and O–H groups in total. The second-order valence-corrected chi connectivity index (χ2v) is 10.4. The van der Waals surface area contributed by atoms with Gasteiger partial charge in [-0.25, -0.2) is 0 Å². The van der Waals surface area contributed by atoms with Gasteiger partial charge in [0.2, 0.25) is 0 Å². The van der Waals surface area contributed by atoms with E-state index in [4.69, 9.17) is 0 Å². The van der Waals surface area contributed by atoms with Crippen LogP contribution in [0.3, 0.4) is 0 Å². The first-order chi connectivity index (χ1) is 8.47. The second-order valence-electron chi connectivity index (χ2n) is 6.31. The highest BCUT2D eigenvalue weighted by Gasteiger charge is 2.32. The SMILES string of the molecule is CCC(CC)C1=C[P+](C)(C)CC(C(CC)CC)=C1. The van der Waals surface area contributed by atoms with Crippen molar-refractivity contribution in [3.8, 4) is 0 Å². The third kappa shape index (κ3) is 3.95. The lowest BCUT2D eigenvalue weighted by molar-refractivity contribution is 0.558. The van der Waals surface area contributed by atoms with Crippen LogP contribution in [0.1, 0.15) is 53.4 Å². The van der Waals surface area contributed by atoms with Crippen molar-refractivity contribution in [3.05, 3.63) is 23.0 Å². The average molecular weight is 267 g/mol. The molecular weight excluding hydrogens is 235 g/mol. The summed E-state index contributed by atoms with van der Waals surface area (Å²) in [4.78, 5) is 0. The van der Waals surface area contributed by atoms with E-state index in [0.29, 0.717) is 0 Å². The maximum absolute atomic E-state index is 2.65. The monoisotopic (exact) mass is 267 g/mol. The minimum Gasteiger partial charge on any atom is -0.0648 e. The molecule has 1 aliphatic rings. The Bertz CT molecular complexity index is 315. The summed E-state index contributed by atoms with van der Waals surface area (Å²) in [7, 11) is -0.840. The molecule has 0 aromatic rings. The highest BCUT2D eigenvalue weighted by atomic mass is 31.2. The average Bonchev–Trinajstić information content (AvgIpc) is 2.30. The van der Waals surface area contributed by atoms with Gasteiger partial charge < -0.3 is 0 Å². The van der Waals surface area contributed by atoms with Gasteiger partial charge in [0, 0.05) is 7.26 Å². The van der Waals surface area contributed by atoms with Crippen molar-refractivity contribution in [3.63, 3.8) is 0 Å². The lowest BCUT2D eigenvalue weighted by Gasteiger charge is -2.28. The van der Waals surface area contributed by atoms with Crippen LogP contribution >= 0.6 is 7.26 Å². The maximum Gasteiger partial charge on any atom is 0.0844 e. The molecule has 0 atom stereocenters. The quantitative estimate of drug-likeness (QED) is 0.521. The van der Waals surface area contributed by atoms with Gasteiger partial charge in [0.15, 0.2) is 0 Å². The molecule has 18 heavy (non-hydrogen) atoms. The van der Waals surface area contributed by atoms with Gasteiger partial charge in [-0.1, -0.05) is 33.8 Å². The summed E-state index contributed by atoms with van der Waals surface area (Å²) in [5.74, 6) is 4.26. The van der Waals surface area contributed by atoms with Crippen LogP contribution in [0.2, 0.25) is 0 Å². The van der Waals surface area contributed by atoms with Crippen molar-refractivity contribution in [2.45, 2.75) is 53.4 Å². The summed E-state index contributed by atoms with van der Waals surface area (Å²) in [5.41, 5.74) is 3.41. The summed E-state index contributed by atoms with van der Waals surface area (Å²) in [5, 5.41) is 0. The number of hydrogen-bond donors (Lipinski definition) is 0. The Morgan fingerprint density at radius 2 is 1.44 bits per heavy atom. The summed E-state index contributed by atoms with van der Waals surface area (Å²) in [6.07, 6.45) is 9.12. The minimum atomic E-state index is -0.840. The molecule has 1 rings (SSSR count). The van der Waals surface area contributed by atoms with Crippen LogP contribution in [0.15, 0.2) is 23.0 Å². The standard InChI is InChI=1S/C17H32P/c1-7-14(8-2)16-11-17(15(9-3)10-4)13-18(5,6)12-16/h11-12,14-15H,7-10,13H2,1-6H3/q+1. The summed E-state index contributed by atoms with van der Waals surface area (Å²) in [6, 6.07) is 0. The van der Waals surface area contributed by atoms with Crippen molar-refractivity contribution in [2.75, 3.05) is 19.5 Å². The Balaban J connectivity index is 3.04. The molecule has 0 nitrogen and oxygen atoms in total. The van der Waals surface area contributed by atoms with E-state index in [2.05, 4.69) is 52.9 Å². The highest BCUT2D eigenvalue weighted by Crippen LogP contribution is 2.59. The first-order valence-corrected chi connectivity index (χ1v) is 10.7. The number of rotatable bonds is 6. The van der Waals surface area contributed by atoms with Crippen LogP contribution in [-0.4, -0.2) is 19.5 Å². The predicted molar refractivity (Wildman–Crippen MR) is 87.9 cm³/mol. The van der Waals surface area contributed by atoms with Crippen LogP contribution in [0.5, 0.6) is 0 Å². The van der Waals surface area contributed by atoms with Gasteiger partial charge in [-0.05, 0) is 48.7 Å². The molecule has 0 spiro atoms. The van der Waals surface area contributed by atoms with E-state index in [1.165, 1.54) is 31.8 Å². The highest BCUT2D eigenvalue weighted by molar-refractivity contribution is 7.77. The van der Waals surface area contributed by atoms with Gasteiger partial charge in [-0.15, -0.1) is 0 Å². The minimum absolute atomic E-state index is 0.786. The predicted octanol–water partition coefficient (Wildman–Crippen LogP) is 5.96. The fourth-order valence-corrected chi connectivity index (χ4v) is 5.73. The fraction of sp³-hybridized carbons (Fsp3) is 0.765. The van der Waals surface area contributed by atoms with E-state index >= 15 is 0 Å². The molecule has 0 saturated heterocycles. The molecule has 0 radical (unpaired) electrons. The zero-order valence-corrected chi connectivity index (χ0v) is 14.2. The Morgan fingerprint density at radius 1 is 0.944 bits per heavy atom. The Kier molecular flexibility index (Phi) is 6.12. The lowest BCUT2D eigenvalue weighted by Crippen LogP contribution is -2.14. The molecule has 0 unspecified atom stereocenters. The molecule has 1 heterocycles. The summed E-state index contributed by atoms with van der Waals surface area (Å²) < 4.78 is 0. The molecule has 0 aliphatic carbocycles. The normalized spacial score (nSPS) is 19.1. The zero-order valence-electron chi connectivity index (χ0n) is 13.3. The van der Waals surface area contributed by atoms with E-state index < -0.39 is 7.26 Å². The van der Waals surface area contributed by atoms with E-state index in [9.17, 15) is 0 Å². The third-order valence-corrected chi connectivity index (χ3v) is 6.58.